The molecule has 4 nitrogen and oxygen atoms in total. The highest BCUT2D eigenvalue weighted by molar-refractivity contribution is 9.11. The third-order valence-corrected chi connectivity index (χ3v) is 3.93. The van der Waals surface area contributed by atoms with Crippen LogP contribution in [-0.2, 0) is 0 Å². The minimum absolute atomic E-state index is 0.305. The number of benzene rings is 1. The summed E-state index contributed by atoms with van der Waals surface area (Å²) in [6.45, 7) is 0. The van der Waals surface area contributed by atoms with Crippen molar-refractivity contribution >= 4 is 71.1 Å². The number of rotatable bonds is 2. The van der Waals surface area contributed by atoms with Crippen molar-refractivity contribution in [2.24, 2.45) is 0 Å². The molecule has 0 atom stereocenters. The molecule has 1 amide bonds. The van der Waals surface area contributed by atoms with E-state index in [0.29, 0.717) is 30.1 Å². The van der Waals surface area contributed by atoms with Gasteiger partial charge in [0.2, 0.25) is 0 Å². The minimum Gasteiger partial charge on any atom is -0.304 e. The number of aromatic nitrogens is 2. The fourth-order valence-corrected chi connectivity index (χ4v) is 3.05. The van der Waals surface area contributed by atoms with Gasteiger partial charge in [0, 0.05) is 9.50 Å². The Labute approximate surface area is 139 Å². The highest BCUT2D eigenvalue weighted by atomic mass is 79.9. The summed E-state index contributed by atoms with van der Waals surface area (Å²) in [6.07, 6.45) is 1.50. The smallest absolute Gasteiger partial charge is 0.258 e. The van der Waals surface area contributed by atoms with Crippen LogP contribution >= 0.6 is 59.4 Å². The predicted molar refractivity (Wildman–Crippen MR) is 84.5 cm³/mol. The Morgan fingerprint density at radius 3 is 2.63 bits per heavy atom. The van der Waals surface area contributed by atoms with Gasteiger partial charge in [-0.3, -0.25) is 4.79 Å². The fraction of sp³-hybridized carbons (Fsp3) is 0. The van der Waals surface area contributed by atoms with Crippen molar-refractivity contribution in [1.29, 1.82) is 0 Å². The van der Waals surface area contributed by atoms with Crippen molar-refractivity contribution in [2.75, 3.05) is 5.32 Å². The summed E-state index contributed by atoms with van der Waals surface area (Å²) in [5.41, 5.74) is 0.459. The summed E-state index contributed by atoms with van der Waals surface area (Å²) in [5.74, 6) is 0.0379. The molecule has 98 valence electrons. The predicted octanol–water partition coefficient (Wildman–Crippen LogP) is 4.67. The average Bonchev–Trinajstić information content (AvgIpc) is 2.32. The van der Waals surface area contributed by atoms with Crippen molar-refractivity contribution in [3.05, 3.63) is 48.7 Å². The average molecular weight is 470 g/mol. The second kappa shape index (κ2) is 6.30. The van der Waals surface area contributed by atoms with E-state index in [2.05, 4.69) is 63.1 Å². The molecule has 2 rings (SSSR count). The Morgan fingerprint density at radius 2 is 2.00 bits per heavy atom. The third kappa shape index (κ3) is 3.75. The number of carbonyl (C=O) groups excluding carboxylic acids is 1. The zero-order chi connectivity index (χ0) is 14.0. The molecule has 0 spiro atoms. The number of amides is 1. The van der Waals surface area contributed by atoms with Gasteiger partial charge in [-0.2, -0.15) is 0 Å². The molecule has 0 aliphatic carbocycles. The van der Waals surface area contributed by atoms with E-state index in [0.717, 1.165) is 0 Å². The summed E-state index contributed by atoms with van der Waals surface area (Å²) in [4.78, 5) is 20.2. The van der Waals surface area contributed by atoms with Crippen LogP contribution in [-0.4, -0.2) is 15.9 Å². The van der Waals surface area contributed by atoms with E-state index >= 15 is 0 Å². The van der Waals surface area contributed by atoms with Gasteiger partial charge >= 0.3 is 0 Å². The number of anilines is 1. The summed E-state index contributed by atoms with van der Waals surface area (Å²) in [5, 5.41) is 3.21. The van der Waals surface area contributed by atoms with Gasteiger partial charge in [0.25, 0.3) is 5.91 Å². The lowest BCUT2D eigenvalue weighted by atomic mass is 10.2. The Hall–Kier alpha value is -0.500. The maximum atomic E-state index is 12.1. The lowest BCUT2D eigenvalue weighted by Crippen LogP contribution is -2.14. The van der Waals surface area contributed by atoms with Crippen LogP contribution in [0.4, 0.5) is 5.82 Å². The highest BCUT2D eigenvalue weighted by Gasteiger charge is 2.13. The Morgan fingerprint density at radius 1 is 1.26 bits per heavy atom. The minimum atomic E-state index is -0.305. The molecule has 1 N–H and O–H groups in total. The number of hydrogen-bond acceptors (Lipinski definition) is 3. The number of hydrogen-bond donors (Lipinski definition) is 1. The molecule has 19 heavy (non-hydrogen) atoms. The van der Waals surface area contributed by atoms with Crippen LogP contribution < -0.4 is 5.32 Å². The zero-order valence-electron chi connectivity index (χ0n) is 9.12. The maximum absolute atomic E-state index is 12.1. The standard InChI is InChI=1S/C11H5Br3ClN3O/c12-7-3-5(15)1-2-6(7)11(19)18-10-9(14)17-8(13)4-16-10/h1-4H,(H,16,18,19). The summed E-state index contributed by atoms with van der Waals surface area (Å²) in [7, 11) is 0. The largest absolute Gasteiger partial charge is 0.304 e. The Kier molecular flexibility index (Phi) is 4.94. The van der Waals surface area contributed by atoms with Crippen LogP contribution in [0.5, 0.6) is 0 Å². The molecule has 0 aliphatic rings. The first-order valence-electron chi connectivity index (χ1n) is 4.92. The van der Waals surface area contributed by atoms with Crippen molar-refractivity contribution in [3.8, 4) is 0 Å². The molecule has 2 aromatic rings. The van der Waals surface area contributed by atoms with Crippen LogP contribution in [0.1, 0.15) is 10.4 Å². The van der Waals surface area contributed by atoms with E-state index < -0.39 is 0 Å². The Balaban J connectivity index is 2.25. The molecule has 0 unspecified atom stereocenters. The molecule has 0 saturated carbocycles. The van der Waals surface area contributed by atoms with Gasteiger partial charge in [-0.25, -0.2) is 9.97 Å². The summed E-state index contributed by atoms with van der Waals surface area (Å²) in [6, 6.07) is 4.92. The molecule has 0 saturated heterocycles. The molecular formula is C11H5Br3ClN3O. The van der Waals surface area contributed by atoms with E-state index in [1.54, 1.807) is 18.2 Å². The molecule has 1 heterocycles. The van der Waals surface area contributed by atoms with Crippen LogP contribution in [0, 0.1) is 0 Å². The highest BCUT2D eigenvalue weighted by Crippen LogP contribution is 2.24. The van der Waals surface area contributed by atoms with Crippen molar-refractivity contribution in [1.82, 2.24) is 9.97 Å². The first-order chi connectivity index (χ1) is 8.97. The van der Waals surface area contributed by atoms with Gasteiger partial charge in [0.15, 0.2) is 5.82 Å². The van der Waals surface area contributed by atoms with E-state index in [9.17, 15) is 4.79 Å². The number of carbonyl (C=O) groups is 1. The molecule has 0 radical (unpaired) electrons. The fourth-order valence-electron chi connectivity index (χ4n) is 1.28. The van der Waals surface area contributed by atoms with E-state index in [1.807, 2.05) is 0 Å². The van der Waals surface area contributed by atoms with Gasteiger partial charge in [-0.15, -0.1) is 0 Å². The molecule has 8 heteroatoms. The second-order valence-electron chi connectivity index (χ2n) is 3.41. The van der Waals surface area contributed by atoms with Crippen LogP contribution in [0.3, 0.4) is 0 Å². The molecule has 0 bridgehead atoms. The molecule has 0 fully saturated rings. The Bertz CT molecular complexity index is 651. The van der Waals surface area contributed by atoms with Gasteiger partial charge in [-0.05, 0) is 66.0 Å². The molecular weight excluding hydrogens is 465 g/mol. The topological polar surface area (TPSA) is 54.9 Å². The second-order valence-corrected chi connectivity index (χ2v) is 6.26. The lowest BCUT2D eigenvalue weighted by molar-refractivity contribution is 0.102. The molecule has 1 aromatic carbocycles. The van der Waals surface area contributed by atoms with Gasteiger partial charge in [-0.1, -0.05) is 11.6 Å². The van der Waals surface area contributed by atoms with E-state index in [1.165, 1.54) is 6.20 Å². The molecule has 1 aromatic heterocycles. The quantitative estimate of drug-likeness (QED) is 0.694. The first-order valence-corrected chi connectivity index (χ1v) is 7.67. The third-order valence-electron chi connectivity index (χ3n) is 2.11. The van der Waals surface area contributed by atoms with E-state index in [4.69, 9.17) is 11.6 Å². The van der Waals surface area contributed by atoms with Crippen LogP contribution in [0.25, 0.3) is 0 Å². The zero-order valence-corrected chi connectivity index (χ0v) is 14.6. The van der Waals surface area contributed by atoms with E-state index in [-0.39, 0.29) is 5.91 Å². The van der Waals surface area contributed by atoms with Crippen LogP contribution in [0.2, 0.25) is 5.02 Å². The summed E-state index contributed by atoms with van der Waals surface area (Å²) >= 11 is 15.5. The van der Waals surface area contributed by atoms with Gasteiger partial charge in [0.1, 0.15) is 9.21 Å². The van der Waals surface area contributed by atoms with Gasteiger partial charge in [0.05, 0.1) is 11.8 Å². The molecule has 0 aliphatic heterocycles. The maximum Gasteiger partial charge on any atom is 0.258 e. The van der Waals surface area contributed by atoms with Crippen LogP contribution in [0.15, 0.2) is 38.1 Å². The number of nitrogens with zero attached hydrogens (tertiary/aromatic N) is 2. The lowest BCUT2D eigenvalue weighted by Gasteiger charge is -2.07. The van der Waals surface area contributed by atoms with Crippen molar-refractivity contribution in [3.63, 3.8) is 0 Å². The van der Waals surface area contributed by atoms with Crippen molar-refractivity contribution < 1.29 is 4.79 Å². The van der Waals surface area contributed by atoms with Crippen molar-refractivity contribution in [2.45, 2.75) is 0 Å². The van der Waals surface area contributed by atoms with Gasteiger partial charge < -0.3 is 5.32 Å². The monoisotopic (exact) mass is 467 g/mol. The normalized spacial score (nSPS) is 10.3. The number of halogens is 4. The SMILES string of the molecule is O=C(Nc1ncc(Br)nc1Br)c1ccc(Cl)cc1Br. The number of nitrogens with one attached hydrogen (secondary N) is 1. The first kappa shape index (κ1) is 14.9. The summed E-state index contributed by atoms with van der Waals surface area (Å²) < 4.78 is 1.63.